The quantitative estimate of drug-likeness (QED) is 0.908. The molecule has 1 aliphatic heterocycles. The van der Waals surface area contributed by atoms with Crippen molar-refractivity contribution in [3.05, 3.63) is 45.5 Å². The number of benzene rings is 1. The fraction of sp³-hybridized carbons (Fsp3) is 0.182. The van der Waals surface area contributed by atoms with Crippen LogP contribution in [0.1, 0.15) is 5.56 Å². The maximum Gasteiger partial charge on any atom is 0.159 e. The Bertz CT molecular complexity index is 504. The zero-order chi connectivity index (χ0) is 12.5. The number of aliphatic imine (C=N–C) groups is 1. The van der Waals surface area contributed by atoms with Gasteiger partial charge >= 0.3 is 0 Å². The number of alkyl halides is 1. The first-order valence-corrected chi connectivity index (χ1v) is 6.46. The average Bonchev–Trinajstić information content (AvgIpc) is 2.32. The maximum atomic E-state index is 13.8. The lowest BCUT2D eigenvalue weighted by atomic mass is 9.91. The molecule has 2 rings (SSSR count). The van der Waals surface area contributed by atoms with Crippen LogP contribution < -0.4 is 5.73 Å². The summed E-state index contributed by atoms with van der Waals surface area (Å²) in [4.78, 5) is 4.04. The first-order chi connectivity index (χ1) is 8.07. The van der Waals surface area contributed by atoms with Gasteiger partial charge in [0.1, 0.15) is 18.0 Å². The molecule has 0 bridgehead atoms. The molecule has 0 amide bonds. The van der Waals surface area contributed by atoms with Gasteiger partial charge in [0.15, 0.2) is 5.17 Å². The Kier molecular flexibility index (Phi) is 3.53. The number of hydrogen-bond donors (Lipinski definition) is 1. The van der Waals surface area contributed by atoms with Gasteiger partial charge in [0.2, 0.25) is 0 Å². The highest BCUT2D eigenvalue weighted by molar-refractivity contribution is 9.10. The lowest BCUT2D eigenvalue weighted by Gasteiger charge is -2.27. The van der Waals surface area contributed by atoms with Crippen molar-refractivity contribution in [2.45, 2.75) is 5.54 Å². The molecule has 0 radical (unpaired) electrons. The van der Waals surface area contributed by atoms with E-state index in [1.807, 2.05) is 0 Å². The third-order valence-corrected chi connectivity index (χ3v) is 3.54. The molecule has 1 heterocycles. The van der Waals surface area contributed by atoms with E-state index in [0.29, 0.717) is 4.47 Å². The van der Waals surface area contributed by atoms with E-state index < -0.39 is 18.0 Å². The molecular weight excluding hydrogens is 310 g/mol. The number of amidine groups is 1. The van der Waals surface area contributed by atoms with Crippen LogP contribution in [0.15, 0.2) is 39.1 Å². The Balaban J connectivity index is 2.59. The van der Waals surface area contributed by atoms with Crippen LogP contribution in [0.3, 0.4) is 0 Å². The number of nitrogens with two attached hydrogens (primary N) is 1. The van der Waals surface area contributed by atoms with E-state index in [4.69, 9.17) is 5.73 Å². The SMILES string of the molecule is NC1=NC(CF)(c2cc(Br)ccc2F)C=CS1. The van der Waals surface area contributed by atoms with Gasteiger partial charge in [-0.2, -0.15) is 0 Å². The van der Waals surface area contributed by atoms with Crippen LogP contribution in [0.25, 0.3) is 0 Å². The number of hydrogen-bond acceptors (Lipinski definition) is 3. The highest BCUT2D eigenvalue weighted by Crippen LogP contribution is 2.36. The van der Waals surface area contributed by atoms with E-state index in [-0.39, 0.29) is 10.7 Å². The van der Waals surface area contributed by atoms with Gasteiger partial charge < -0.3 is 5.73 Å². The zero-order valence-corrected chi connectivity index (χ0v) is 11.1. The predicted molar refractivity (Wildman–Crippen MR) is 70.1 cm³/mol. The minimum Gasteiger partial charge on any atom is -0.378 e. The molecule has 1 unspecified atom stereocenters. The molecule has 17 heavy (non-hydrogen) atoms. The van der Waals surface area contributed by atoms with Crippen molar-refractivity contribution in [2.75, 3.05) is 6.67 Å². The summed E-state index contributed by atoms with van der Waals surface area (Å²) in [6.07, 6.45) is 1.53. The van der Waals surface area contributed by atoms with Crippen molar-refractivity contribution in [3.8, 4) is 0 Å². The van der Waals surface area contributed by atoms with Gasteiger partial charge in [0.25, 0.3) is 0 Å². The van der Waals surface area contributed by atoms with Gasteiger partial charge in [-0.15, -0.1) is 0 Å². The van der Waals surface area contributed by atoms with E-state index in [1.165, 1.54) is 30.0 Å². The molecule has 1 aliphatic rings. The third-order valence-electron chi connectivity index (χ3n) is 2.44. The summed E-state index contributed by atoms with van der Waals surface area (Å²) >= 11 is 4.42. The summed E-state index contributed by atoms with van der Waals surface area (Å²) in [6.45, 7) is -0.835. The Morgan fingerprint density at radius 2 is 2.24 bits per heavy atom. The average molecular weight is 319 g/mol. The molecule has 1 atom stereocenters. The second-order valence-corrected chi connectivity index (χ2v) is 5.39. The standard InChI is InChI=1S/C11H9BrF2N2S/c12-7-1-2-9(14)8(5-7)11(6-13)3-4-17-10(15)16-11/h1-5H,6H2,(H2,15,16). The van der Waals surface area contributed by atoms with E-state index in [2.05, 4.69) is 20.9 Å². The van der Waals surface area contributed by atoms with E-state index in [0.717, 1.165) is 0 Å². The van der Waals surface area contributed by atoms with Crippen molar-refractivity contribution in [1.29, 1.82) is 0 Å². The molecule has 2 N–H and O–H groups in total. The molecule has 0 saturated carbocycles. The fourth-order valence-electron chi connectivity index (χ4n) is 1.60. The predicted octanol–water partition coefficient (Wildman–Crippen LogP) is 3.33. The summed E-state index contributed by atoms with van der Waals surface area (Å²) in [5.74, 6) is -0.501. The first kappa shape index (κ1) is 12.6. The normalized spacial score (nSPS) is 23.6. The van der Waals surface area contributed by atoms with Gasteiger partial charge in [-0.1, -0.05) is 27.7 Å². The summed E-state index contributed by atoms with van der Waals surface area (Å²) in [6, 6.07) is 4.35. The van der Waals surface area contributed by atoms with E-state index >= 15 is 0 Å². The van der Waals surface area contributed by atoms with Gasteiger partial charge in [-0.05, 0) is 29.7 Å². The molecule has 0 aromatic heterocycles. The van der Waals surface area contributed by atoms with Gasteiger partial charge in [0.05, 0.1) is 0 Å². The Morgan fingerprint density at radius 1 is 1.47 bits per heavy atom. The second-order valence-electron chi connectivity index (χ2n) is 3.55. The summed E-state index contributed by atoms with van der Waals surface area (Å²) in [7, 11) is 0. The summed E-state index contributed by atoms with van der Waals surface area (Å²) in [5.41, 5.74) is 4.40. The maximum absolute atomic E-state index is 13.8. The van der Waals surface area contributed by atoms with Gasteiger partial charge in [-0.25, -0.2) is 13.8 Å². The molecule has 2 nitrogen and oxygen atoms in total. The zero-order valence-electron chi connectivity index (χ0n) is 8.66. The third kappa shape index (κ3) is 2.37. The minimum absolute atomic E-state index is 0.175. The van der Waals surface area contributed by atoms with Crippen LogP contribution >= 0.6 is 27.7 Å². The number of nitrogens with zero attached hydrogens (tertiary/aromatic N) is 1. The van der Waals surface area contributed by atoms with Gasteiger partial charge in [-0.3, -0.25) is 0 Å². The molecule has 90 valence electrons. The number of rotatable bonds is 2. The Morgan fingerprint density at radius 3 is 2.88 bits per heavy atom. The number of halogens is 3. The Hall–Kier alpha value is -0.880. The van der Waals surface area contributed by atoms with Crippen molar-refractivity contribution in [1.82, 2.24) is 0 Å². The monoisotopic (exact) mass is 318 g/mol. The van der Waals surface area contributed by atoms with Crippen LogP contribution in [0, 0.1) is 5.82 Å². The van der Waals surface area contributed by atoms with Crippen molar-refractivity contribution in [3.63, 3.8) is 0 Å². The lowest BCUT2D eigenvalue weighted by Crippen LogP contribution is -2.30. The largest absolute Gasteiger partial charge is 0.378 e. The molecule has 0 spiro atoms. The summed E-state index contributed by atoms with van der Waals surface area (Å²) in [5, 5.41) is 1.85. The van der Waals surface area contributed by atoms with Crippen LogP contribution in [-0.2, 0) is 5.54 Å². The molecule has 6 heteroatoms. The van der Waals surface area contributed by atoms with Crippen molar-refractivity contribution in [2.24, 2.45) is 10.7 Å². The Labute approximate surface area is 110 Å². The van der Waals surface area contributed by atoms with Crippen molar-refractivity contribution >= 4 is 32.9 Å². The highest BCUT2D eigenvalue weighted by atomic mass is 79.9. The van der Waals surface area contributed by atoms with Crippen molar-refractivity contribution < 1.29 is 8.78 Å². The molecule has 0 aliphatic carbocycles. The first-order valence-electron chi connectivity index (χ1n) is 4.78. The molecule has 0 fully saturated rings. The second kappa shape index (κ2) is 4.78. The molecule has 0 saturated heterocycles. The molecular formula is C11H9BrF2N2S. The van der Waals surface area contributed by atoms with Crippen LogP contribution in [0.5, 0.6) is 0 Å². The van der Waals surface area contributed by atoms with Gasteiger partial charge in [0, 0.05) is 10.0 Å². The minimum atomic E-state index is -1.34. The molecule has 1 aromatic carbocycles. The fourth-order valence-corrected chi connectivity index (χ4v) is 2.61. The van der Waals surface area contributed by atoms with E-state index in [9.17, 15) is 8.78 Å². The van der Waals surface area contributed by atoms with Crippen LogP contribution in [0.2, 0.25) is 0 Å². The lowest BCUT2D eigenvalue weighted by molar-refractivity contribution is 0.361. The molecule has 1 aromatic rings. The highest BCUT2D eigenvalue weighted by Gasteiger charge is 2.34. The van der Waals surface area contributed by atoms with Crippen LogP contribution in [-0.4, -0.2) is 11.8 Å². The van der Waals surface area contributed by atoms with Crippen LogP contribution in [0.4, 0.5) is 8.78 Å². The number of thioether (sulfide) groups is 1. The topological polar surface area (TPSA) is 38.4 Å². The summed E-state index contributed by atoms with van der Waals surface area (Å²) < 4.78 is 27.7. The van der Waals surface area contributed by atoms with E-state index in [1.54, 1.807) is 11.5 Å². The smallest absolute Gasteiger partial charge is 0.159 e.